The van der Waals surface area contributed by atoms with Gasteiger partial charge >= 0.3 is 0 Å². The molecule has 0 radical (unpaired) electrons. The van der Waals surface area contributed by atoms with E-state index in [0.717, 1.165) is 24.2 Å². The average molecular weight is 178 g/mol. The highest BCUT2D eigenvalue weighted by Gasteiger charge is 2.27. The molecular formula is C11H14O2. The molecule has 2 rings (SSSR count). The number of phenols is 1. The maximum atomic E-state index is 9.55. The molecule has 13 heavy (non-hydrogen) atoms. The molecular weight excluding hydrogens is 164 g/mol. The molecule has 2 heteroatoms. The Morgan fingerprint density at radius 1 is 1.38 bits per heavy atom. The summed E-state index contributed by atoms with van der Waals surface area (Å²) in [5.41, 5.74) is 0.850. The van der Waals surface area contributed by atoms with Crippen LogP contribution >= 0.6 is 0 Å². The molecule has 0 unspecified atom stereocenters. The number of hydrogen-bond donors (Lipinski definition) is 1. The largest absolute Gasteiger partial charge is 0.508 e. The van der Waals surface area contributed by atoms with E-state index in [1.54, 1.807) is 6.07 Å². The summed E-state index contributed by atoms with van der Waals surface area (Å²) in [7, 11) is 0. The lowest BCUT2D eigenvalue weighted by molar-refractivity contribution is 0.0837. The molecule has 1 N–H and O–H groups in total. The summed E-state index contributed by atoms with van der Waals surface area (Å²) < 4.78 is 5.74. The fourth-order valence-electron chi connectivity index (χ4n) is 1.68. The van der Waals surface area contributed by atoms with Crippen LogP contribution in [0.15, 0.2) is 18.2 Å². The van der Waals surface area contributed by atoms with Crippen LogP contribution in [0.5, 0.6) is 11.5 Å². The van der Waals surface area contributed by atoms with Crippen molar-refractivity contribution >= 4 is 0 Å². The van der Waals surface area contributed by atoms with Gasteiger partial charge in [0, 0.05) is 5.56 Å². The smallest absolute Gasteiger partial charge is 0.127 e. The number of ether oxygens (including phenoxy) is 1. The van der Waals surface area contributed by atoms with Crippen molar-refractivity contribution in [2.75, 3.05) is 0 Å². The summed E-state index contributed by atoms with van der Waals surface area (Å²) in [6, 6.07) is 5.44. The van der Waals surface area contributed by atoms with E-state index in [0.29, 0.717) is 5.75 Å². The van der Waals surface area contributed by atoms with Crippen molar-refractivity contribution in [1.29, 1.82) is 0 Å². The molecule has 1 aliphatic rings. The Morgan fingerprint density at radius 3 is 2.92 bits per heavy atom. The Balaban J connectivity index is 2.42. The summed E-state index contributed by atoms with van der Waals surface area (Å²) in [4.78, 5) is 0. The van der Waals surface area contributed by atoms with Gasteiger partial charge in [-0.25, -0.2) is 0 Å². The maximum Gasteiger partial charge on any atom is 0.127 e. The predicted octanol–water partition coefficient (Wildman–Crippen LogP) is 2.50. The molecule has 1 heterocycles. The molecule has 0 atom stereocenters. The number of rotatable bonds is 0. The third-order valence-electron chi connectivity index (χ3n) is 2.47. The summed E-state index contributed by atoms with van der Waals surface area (Å²) in [6.07, 6.45) is 1.85. The van der Waals surface area contributed by atoms with Gasteiger partial charge in [0.05, 0.1) is 0 Å². The Morgan fingerprint density at radius 2 is 2.15 bits per heavy atom. The molecule has 0 fully saturated rings. The molecule has 0 saturated carbocycles. The highest BCUT2D eigenvalue weighted by Crippen LogP contribution is 2.37. The fourth-order valence-corrected chi connectivity index (χ4v) is 1.68. The second-order valence-corrected chi connectivity index (χ2v) is 4.12. The lowest BCUT2D eigenvalue weighted by Gasteiger charge is -2.32. The van der Waals surface area contributed by atoms with E-state index in [4.69, 9.17) is 4.74 Å². The van der Waals surface area contributed by atoms with Gasteiger partial charge in [-0.1, -0.05) is 6.07 Å². The zero-order chi connectivity index (χ0) is 9.47. The molecule has 0 amide bonds. The first-order valence-electron chi connectivity index (χ1n) is 4.58. The zero-order valence-electron chi connectivity index (χ0n) is 8.00. The van der Waals surface area contributed by atoms with Crippen LogP contribution in [0.4, 0.5) is 0 Å². The molecule has 0 spiro atoms. The van der Waals surface area contributed by atoms with Gasteiger partial charge in [-0.15, -0.1) is 0 Å². The average Bonchev–Trinajstić information content (AvgIpc) is 2.02. The molecule has 0 saturated heterocycles. The van der Waals surface area contributed by atoms with Crippen LogP contribution in [0.25, 0.3) is 0 Å². The number of phenolic OH excluding ortho intramolecular Hbond substituents is 1. The quantitative estimate of drug-likeness (QED) is 0.661. The minimum absolute atomic E-state index is 0.0964. The Hall–Kier alpha value is -1.18. The van der Waals surface area contributed by atoms with Crippen LogP contribution in [-0.4, -0.2) is 10.7 Å². The second-order valence-electron chi connectivity index (χ2n) is 4.12. The second kappa shape index (κ2) is 2.66. The molecule has 0 bridgehead atoms. The van der Waals surface area contributed by atoms with Gasteiger partial charge in [-0.2, -0.15) is 0 Å². The molecule has 0 aromatic heterocycles. The van der Waals surface area contributed by atoms with Crippen molar-refractivity contribution in [3.8, 4) is 11.5 Å². The summed E-state index contributed by atoms with van der Waals surface area (Å²) in [6.45, 7) is 4.14. The topological polar surface area (TPSA) is 29.5 Å². The van der Waals surface area contributed by atoms with Gasteiger partial charge in [-0.3, -0.25) is 0 Å². The SMILES string of the molecule is CC1(C)CCc2c(O)cccc2O1. The standard InChI is InChI=1S/C11H14O2/c1-11(2)7-6-8-9(12)4-3-5-10(8)13-11/h3-5,12H,6-7H2,1-2H3. The molecule has 1 aromatic carbocycles. The first-order valence-corrected chi connectivity index (χ1v) is 4.58. The molecule has 70 valence electrons. The van der Waals surface area contributed by atoms with Crippen LogP contribution in [0.2, 0.25) is 0 Å². The molecule has 0 aliphatic carbocycles. The minimum atomic E-state index is -0.0964. The van der Waals surface area contributed by atoms with Crippen molar-refractivity contribution < 1.29 is 9.84 Å². The number of hydrogen-bond acceptors (Lipinski definition) is 2. The van der Waals surface area contributed by atoms with E-state index in [1.165, 1.54) is 0 Å². The van der Waals surface area contributed by atoms with Crippen molar-refractivity contribution in [1.82, 2.24) is 0 Å². The van der Waals surface area contributed by atoms with E-state index in [9.17, 15) is 5.11 Å². The third-order valence-corrected chi connectivity index (χ3v) is 2.47. The van der Waals surface area contributed by atoms with Crippen LogP contribution in [0.1, 0.15) is 25.8 Å². The first kappa shape index (κ1) is 8.42. The summed E-state index contributed by atoms with van der Waals surface area (Å²) in [5.74, 6) is 1.18. The van der Waals surface area contributed by atoms with Gasteiger partial charge in [0.1, 0.15) is 17.1 Å². The van der Waals surface area contributed by atoms with E-state index in [-0.39, 0.29) is 5.60 Å². The highest BCUT2D eigenvalue weighted by molar-refractivity contribution is 5.45. The van der Waals surface area contributed by atoms with Crippen LogP contribution in [0.3, 0.4) is 0 Å². The first-order chi connectivity index (χ1) is 6.08. The predicted molar refractivity (Wildman–Crippen MR) is 51.1 cm³/mol. The summed E-state index contributed by atoms with van der Waals surface area (Å²) >= 11 is 0. The normalized spacial score (nSPS) is 18.9. The summed E-state index contributed by atoms with van der Waals surface area (Å²) in [5, 5.41) is 9.55. The van der Waals surface area contributed by atoms with E-state index >= 15 is 0 Å². The Kier molecular flexibility index (Phi) is 1.72. The van der Waals surface area contributed by atoms with Gasteiger partial charge in [-0.05, 0) is 38.8 Å². The van der Waals surface area contributed by atoms with Crippen LogP contribution in [-0.2, 0) is 6.42 Å². The molecule has 2 nitrogen and oxygen atoms in total. The van der Waals surface area contributed by atoms with E-state index in [2.05, 4.69) is 13.8 Å². The third kappa shape index (κ3) is 1.48. The Labute approximate surface area is 78.2 Å². The number of aromatic hydroxyl groups is 1. The highest BCUT2D eigenvalue weighted by atomic mass is 16.5. The van der Waals surface area contributed by atoms with E-state index < -0.39 is 0 Å². The number of benzene rings is 1. The van der Waals surface area contributed by atoms with Crippen LogP contribution in [0, 0.1) is 0 Å². The van der Waals surface area contributed by atoms with E-state index in [1.807, 2.05) is 12.1 Å². The van der Waals surface area contributed by atoms with Crippen molar-refractivity contribution in [3.63, 3.8) is 0 Å². The number of fused-ring (bicyclic) bond motifs is 1. The van der Waals surface area contributed by atoms with Crippen molar-refractivity contribution in [3.05, 3.63) is 23.8 Å². The van der Waals surface area contributed by atoms with Crippen LogP contribution < -0.4 is 4.74 Å². The fraction of sp³-hybridized carbons (Fsp3) is 0.455. The maximum absolute atomic E-state index is 9.55. The minimum Gasteiger partial charge on any atom is -0.508 e. The van der Waals surface area contributed by atoms with Gasteiger partial charge in [0.25, 0.3) is 0 Å². The lowest BCUT2D eigenvalue weighted by Crippen LogP contribution is -2.32. The van der Waals surface area contributed by atoms with Gasteiger partial charge < -0.3 is 9.84 Å². The molecule has 1 aliphatic heterocycles. The molecule has 1 aromatic rings. The monoisotopic (exact) mass is 178 g/mol. The van der Waals surface area contributed by atoms with Crippen molar-refractivity contribution in [2.45, 2.75) is 32.3 Å². The lowest BCUT2D eigenvalue weighted by atomic mass is 9.94. The van der Waals surface area contributed by atoms with Crippen molar-refractivity contribution in [2.24, 2.45) is 0 Å². The zero-order valence-corrected chi connectivity index (χ0v) is 8.00. The van der Waals surface area contributed by atoms with Gasteiger partial charge in [0.2, 0.25) is 0 Å². The van der Waals surface area contributed by atoms with Gasteiger partial charge in [0.15, 0.2) is 0 Å². The Bertz CT molecular complexity index is 329.